The molecule has 0 amide bonds. The van der Waals surface area contributed by atoms with E-state index in [1.54, 1.807) is 28.9 Å². The van der Waals surface area contributed by atoms with Crippen LogP contribution in [-0.4, -0.2) is 20.0 Å². The number of hydrogen-bond donors (Lipinski definition) is 2. The maximum Gasteiger partial charge on any atom is 0.226 e. The number of anilines is 1. The zero-order chi connectivity index (χ0) is 16.5. The Kier molecular flexibility index (Phi) is 3.47. The summed E-state index contributed by atoms with van der Waals surface area (Å²) in [6.45, 7) is 0. The van der Waals surface area contributed by atoms with Crippen LogP contribution in [0.15, 0.2) is 60.9 Å². The number of allylic oxidation sites excluding steroid dienone is 1. The van der Waals surface area contributed by atoms with E-state index in [1.807, 2.05) is 18.2 Å². The van der Waals surface area contributed by atoms with Gasteiger partial charge < -0.3 is 10.2 Å². The average molecular weight is 324 g/mol. The molecule has 2 heterocycles. The fourth-order valence-corrected chi connectivity index (χ4v) is 2.69. The molecule has 120 valence electrons. The molecule has 0 aliphatic carbocycles. The van der Waals surface area contributed by atoms with Crippen LogP contribution >= 0.6 is 0 Å². The van der Waals surface area contributed by atoms with Crippen molar-refractivity contribution >= 4 is 11.6 Å². The van der Waals surface area contributed by atoms with Crippen molar-refractivity contribution < 1.29 is 14.5 Å². The van der Waals surface area contributed by atoms with Gasteiger partial charge in [0.25, 0.3) is 0 Å². The number of fused-ring (bicyclic) bond motifs is 1. The van der Waals surface area contributed by atoms with Crippen LogP contribution in [-0.2, 0) is 0 Å². The molecule has 0 spiro atoms. The number of rotatable bonds is 3. The topological polar surface area (TPSA) is 72.2 Å². The summed E-state index contributed by atoms with van der Waals surface area (Å²) in [5.41, 5.74) is 2.64. The van der Waals surface area contributed by atoms with Crippen molar-refractivity contribution in [2.24, 2.45) is 0 Å². The molecule has 0 bridgehead atoms. The quantitative estimate of drug-likeness (QED) is 0.571. The first kappa shape index (κ1) is 14.4. The summed E-state index contributed by atoms with van der Waals surface area (Å²) < 4.78 is 14.9. The average Bonchev–Trinajstić information content (AvgIpc) is 3.10. The van der Waals surface area contributed by atoms with E-state index in [-0.39, 0.29) is 11.9 Å². The SMILES string of the molecule is OOc1ccc(C2=CC(c3ccc(F)cc3)n3ncnc3N2)cc1. The lowest BCUT2D eigenvalue weighted by Crippen LogP contribution is -2.20. The first-order chi connectivity index (χ1) is 11.7. The van der Waals surface area contributed by atoms with Gasteiger partial charge in [-0.1, -0.05) is 12.1 Å². The molecule has 0 saturated carbocycles. The molecule has 2 N–H and O–H groups in total. The van der Waals surface area contributed by atoms with Crippen LogP contribution < -0.4 is 10.2 Å². The Bertz CT molecular complexity index is 888. The molecule has 6 nitrogen and oxygen atoms in total. The maximum absolute atomic E-state index is 13.2. The summed E-state index contributed by atoms with van der Waals surface area (Å²) >= 11 is 0. The van der Waals surface area contributed by atoms with Gasteiger partial charge >= 0.3 is 0 Å². The van der Waals surface area contributed by atoms with Gasteiger partial charge in [-0.05, 0) is 53.6 Å². The Morgan fingerprint density at radius 2 is 1.83 bits per heavy atom. The van der Waals surface area contributed by atoms with Gasteiger partial charge in [0, 0.05) is 5.70 Å². The highest BCUT2D eigenvalue weighted by Crippen LogP contribution is 2.32. The maximum atomic E-state index is 13.2. The van der Waals surface area contributed by atoms with Crippen molar-refractivity contribution in [1.82, 2.24) is 14.8 Å². The Morgan fingerprint density at radius 3 is 2.54 bits per heavy atom. The van der Waals surface area contributed by atoms with Gasteiger partial charge in [-0.3, -0.25) is 0 Å². The summed E-state index contributed by atoms with van der Waals surface area (Å²) in [7, 11) is 0. The molecule has 1 aliphatic rings. The second kappa shape index (κ2) is 5.78. The Labute approximate surface area is 136 Å². The first-order valence-electron chi connectivity index (χ1n) is 7.30. The van der Waals surface area contributed by atoms with Gasteiger partial charge in [0.1, 0.15) is 18.2 Å². The van der Waals surface area contributed by atoms with E-state index in [2.05, 4.69) is 20.3 Å². The second-order valence-electron chi connectivity index (χ2n) is 5.35. The van der Waals surface area contributed by atoms with Crippen molar-refractivity contribution in [1.29, 1.82) is 0 Å². The van der Waals surface area contributed by atoms with Gasteiger partial charge in [0.05, 0.1) is 0 Å². The predicted octanol–water partition coefficient (Wildman–Crippen LogP) is 3.33. The molecule has 1 aromatic heterocycles. The number of nitrogens with zero attached hydrogens (tertiary/aromatic N) is 3. The van der Waals surface area contributed by atoms with Crippen LogP contribution in [0.1, 0.15) is 17.2 Å². The van der Waals surface area contributed by atoms with Crippen LogP contribution in [0.3, 0.4) is 0 Å². The third-order valence-corrected chi connectivity index (χ3v) is 3.89. The molecule has 4 rings (SSSR count). The predicted molar refractivity (Wildman–Crippen MR) is 85.9 cm³/mol. The highest BCUT2D eigenvalue weighted by atomic mass is 19.1. The molecule has 0 fully saturated rings. The van der Waals surface area contributed by atoms with Crippen molar-refractivity contribution in [3.8, 4) is 5.75 Å². The van der Waals surface area contributed by atoms with Crippen molar-refractivity contribution in [2.45, 2.75) is 6.04 Å². The summed E-state index contributed by atoms with van der Waals surface area (Å²) in [6, 6.07) is 13.1. The van der Waals surface area contributed by atoms with Gasteiger partial charge in [0.2, 0.25) is 5.95 Å². The van der Waals surface area contributed by atoms with E-state index >= 15 is 0 Å². The monoisotopic (exact) mass is 324 g/mol. The molecule has 7 heteroatoms. The minimum absolute atomic E-state index is 0.201. The fourth-order valence-electron chi connectivity index (χ4n) is 2.69. The van der Waals surface area contributed by atoms with Crippen molar-refractivity contribution in [3.63, 3.8) is 0 Å². The number of halogens is 1. The zero-order valence-electron chi connectivity index (χ0n) is 12.4. The molecule has 0 saturated heterocycles. The molecule has 1 unspecified atom stereocenters. The van der Waals surface area contributed by atoms with Crippen LogP contribution in [0, 0.1) is 5.82 Å². The van der Waals surface area contributed by atoms with Crippen LogP contribution in [0.25, 0.3) is 5.70 Å². The minimum Gasteiger partial charge on any atom is -0.340 e. The minimum atomic E-state index is -0.282. The number of nitrogens with one attached hydrogen (secondary N) is 1. The Morgan fingerprint density at radius 1 is 1.08 bits per heavy atom. The molecular weight excluding hydrogens is 311 g/mol. The van der Waals surface area contributed by atoms with Crippen molar-refractivity contribution in [3.05, 3.63) is 77.9 Å². The standard InChI is InChI=1S/C17H13FN4O2/c18-13-5-1-12(2-6-13)16-9-15(21-17-19-10-20-22(16)17)11-3-7-14(24-23)8-4-11/h1-10,16,23H,(H,19,20,21). The van der Waals surface area contributed by atoms with Crippen LogP contribution in [0.5, 0.6) is 5.75 Å². The largest absolute Gasteiger partial charge is 0.340 e. The summed E-state index contributed by atoms with van der Waals surface area (Å²) in [5.74, 6) is 0.674. The second-order valence-corrected chi connectivity index (χ2v) is 5.35. The van der Waals surface area contributed by atoms with Gasteiger partial charge in [-0.25, -0.2) is 14.3 Å². The fraction of sp³-hybridized carbons (Fsp3) is 0.0588. The zero-order valence-corrected chi connectivity index (χ0v) is 12.4. The Balaban J connectivity index is 1.76. The third kappa shape index (κ3) is 2.50. The van der Waals surface area contributed by atoms with Gasteiger partial charge in [-0.15, -0.1) is 0 Å². The summed E-state index contributed by atoms with van der Waals surface area (Å²) in [4.78, 5) is 8.42. The smallest absolute Gasteiger partial charge is 0.226 e. The highest BCUT2D eigenvalue weighted by Gasteiger charge is 2.23. The van der Waals surface area contributed by atoms with E-state index in [4.69, 9.17) is 5.26 Å². The van der Waals surface area contributed by atoms with Crippen LogP contribution in [0.4, 0.5) is 10.3 Å². The lowest BCUT2D eigenvalue weighted by molar-refractivity contribution is -0.137. The number of aromatic nitrogens is 3. The number of hydrogen-bond acceptors (Lipinski definition) is 5. The van der Waals surface area contributed by atoms with Crippen LogP contribution in [0.2, 0.25) is 0 Å². The lowest BCUT2D eigenvalue weighted by atomic mass is 10.0. The lowest BCUT2D eigenvalue weighted by Gasteiger charge is -2.24. The molecule has 0 radical (unpaired) electrons. The molecular formula is C17H13FN4O2. The van der Waals surface area contributed by atoms with Gasteiger partial charge in [-0.2, -0.15) is 10.1 Å². The van der Waals surface area contributed by atoms with Crippen molar-refractivity contribution in [2.75, 3.05) is 5.32 Å². The van der Waals surface area contributed by atoms with E-state index in [9.17, 15) is 4.39 Å². The van der Waals surface area contributed by atoms with Gasteiger partial charge in [0.15, 0.2) is 5.75 Å². The van der Waals surface area contributed by atoms with E-state index in [0.717, 1.165) is 16.8 Å². The van der Waals surface area contributed by atoms with E-state index in [0.29, 0.717) is 11.7 Å². The molecule has 24 heavy (non-hydrogen) atoms. The normalized spacial score (nSPS) is 16.1. The molecule has 3 aromatic rings. The van der Waals surface area contributed by atoms with E-state index in [1.165, 1.54) is 18.5 Å². The highest BCUT2D eigenvalue weighted by molar-refractivity contribution is 5.77. The third-order valence-electron chi connectivity index (χ3n) is 3.89. The summed E-state index contributed by atoms with van der Waals surface area (Å²) in [6.07, 6.45) is 3.46. The Hall–Kier alpha value is -3.19. The van der Waals surface area contributed by atoms with E-state index < -0.39 is 0 Å². The molecule has 2 aromatic carbocycles. The summed E-state index contributed by atoms with van der Waals surface area (Å²) in [5, 5.41) is 16.1. The molecule has 1 atom stereocenters. The number of benzene rings is 2. The molecule has 1 aliphatic heterocycles. The first-order valence-corrected chi connectivity index (χ1v) is 7.30.